The lowest BCUT2D eigenvalue weighted by atomic mass is 10.1. The molecular formula is C51H90NO7P. The first-order chi connectivity index (χ1) is 29.1. The third-order valence-electron chi connectivity index (χ3n) is 9.68. The Kier molecular flexibility index (Phi) is 41.7. The highest BCUT2D eigenvalue weighted by molar-refractivity contribution is 7.45. The summed E-state index contributed by atoms with van der Waals surface area (Å²) in [7, 11) is 1.33. The monoisotopic (exact) mass is 860 g/mol. The molecule has 0 N–H and O–H groups in total. The van der Waals surface area contributed by atoms with E-state index in [9.17, 15) is 14.3 Å². The van der Waals surface area contributed by atoms with Crippen molar-refractivity contribution < 1.29 is 37.3 Å². The molecule has 0 aromatic heterocycles. The minimum atomic E-state index is -4.54. The molecule has 346 valence electrons. The number of likely N-dealkylation sites (N-methyl/N-ethyl adjacent to an activating group) is 1. The fourth-order valence-corrected chi connectivity index (χ4v) is 6.73. The molecule has 0 saturated heterocycles. The highest BCUT2D eigenvalue weighted by Gasteiger charge is 2.20. The summed E-state index contributed by atoms with van der Waals surface area (Å²) in [4.78, 5) is 25.1. The molecule has 2 unspecified atom stereocenters. The Morgan fingerprint density at radius 2 is 0.967 bits per heavy atom. The molecule has 0 saturated carbocycles. The normalized spacial score (nSPS) is 14.4. The van der Waals surface area contributed by atoms with Crippen LogP contribution in [0.2, 0.25) is 0 Å². The van der Waals surface area contributed by atoms with Crippen molar-refractivity contribution in [3.63, 3.8) is 0 Å². The molecular weight excluding hydrogens is 770 g/mol. The van der Waals surface area contributed by atoms with Crippen molar-refractivity contribution in [1.82, 2.24) is 0 Å². The van der Waals surface area contributed by atoms with Crippen molar-refractivity contribution in [2.75, 3.05) is 54.1 Å². The highest BCUT2D eigenvalue weighted by Crippen LogP contribution is 2.38. The third-order valence-corrected chi connectivity index (χ3v) is 10.6. The fraction of sp³-hybridized carbons (Fsp3) is 0.706. The van der Waals surface area contributed by atoms with Gasteiger partial charge in [0.1, 0.15) is 19.3 Å². The summed E-state index contributed by atoms with van der Waals surface area (Å²) in [5.74, 6) is -0.355. The van der Waals surface area contributed by atoms with Crippen molar-refractivity contribution in [3.8, 4) is 0 Å². The average Bonchev–Trinajstić information content (AvgIpc) is 3.20. The Morgan fingerprint density at radius 3 is 1.45 bits per heavy atom. The second-order valence-corrected chi connectivity index (χ2v) is 18.1. The van der Waals surface area contributed by atoms with E-state index in [0.29, 0.717) is 24.1 Å². The van der Waals surface area contributed by atoms with Gasteiger partial charge in [0.25, 0.3) is 7.82 Å². The maximum Gasteiger partial charge on any atom is 0.306 e. The molecule has 0 bridgehead atoms. The average molecular weight is 860 g/mol. The van der Waals surface area contributed by atoms with Gasteiger partial charge in [0.15, 0.2) is 0 Å². The zero-order valence-corrected chi connectivity index (χ0v) is 40.0. The number of hydrogen-bond acceptors (Lipinski definition) is 7. The quantitative estimate of drug-likeness (QED) is 0.0198. The Bertz CT molecular complexity index is 1230. The molecule has 0 aromatic carbocycles. The van der Waals surface area contributed by atoms with Gasteiger partial charge in [-0.15, -0.1) is 0 Å². The first-order valence-electron chi connectivity index (χ1n) is 23.8. The number of phosphoric ester groups is 1. The lowest BCUT2D eigenvalue weighted by Crippen LogP contribution is -2.37. The summed E-state index contributed by atoms with van der Waals surface area (Å²) in [5, 5.41) is 0. The number of nitrogens with zero attached hydrogens (tertiary/aromatic N) is 1. The number of hydrogen-bond donors (Lipinski definition) is 0. The zero-order valence-electron chi connectivity index (χ0n) is 39.1. The van der Waals surface area contributed by atoms with Crippen molar-refractivity contribution in [2.45, 2.75) is 180 Å². The minimum Gasteiger partial charge on any atom is -0.756 e. The number of unbranched alkanes of at least 4 members (excludes halogenated alkanes) is 15. The van der Waals surface area contributed by atoms with Gasteiger partial charge < -0.3 is 27.9 Å². The Balaban J connectivity index is 4.20. The number of allylic oxidation sites excluding steroid dienone is 14. The van der Waals surface area contributed by atoms with Crippen molar-refractivity contribution in [3.05, 3.63) is 85.1 Å². The van der Waals surface area contributed by atoms with E-state index in [2.05, 4.69) is 98.9 Å². The summed E-state index contributed by atoms with van der Waals surface area (Å²) < 4.78 is 34.6. The molecule has 0 radical (unpaired) electrons. The first kappa shape index (κ1) is 57.7. The summed E-state index contributed by atoms with van der Waals surface area (Å²) in [6.07, 6.45) is 57.4. The van der Waals surface area contributed by atoms with Gasteiger partial charge in [-0.25, -0.2) is 0 Å². The van der Waals surface area contributed by atoms with Crippen LogP contribution < -0.4 is 4.89 Å². The van der Waals surface area contributed by atoms with Gasteiger partial charge in [-0.3, -0.25) is 9.36 Å². The number of quaternary nitrogens is 1. The predicted octanol–water partition coefficient (Wildman–Crippen LogP) is 13.8. The summed E-state index contributed by atoms with van der Waals surface area (Å²) >= 11 is 0. The number of ether oxygens (including phenoxy) is 2. The number of carbonyl (C=O) groups is 1. The second-order valence-electron chi connectivity index (χ2n) is 16.7. The van der Waals surface area contributed by atoms with Gasteiger partial charge in [-0.1, -0.05) is 170 Å². The van der Waals surface area contributed by atoms with E-state index in [-0.39, 0.29) is 25.8 Å². The van der Waals surface area contributed by atoms with Crippen LogP contribution in [0.3, 0.4) is 0 Å². The molecule has 0 aliphatic carbocycles. The molecule has 0 heterocycles. The van der Waals surface area contributed by atoms with Crippen LogP contribution in [0.25, 0.3) is 0 Å². The van der Waals surface area contributed by atoms with Crippen LogP contribution in [0.1, 0.15) is 174 Å². The number of esters is 1. The van der Waals surface area contributed by atoms with Crippen LogP contribution in [-0.4, -0.2) is 70.7 Å². The lowest BCUT2D eigenvalue weighted by Gasteiger charge is -2.28. The van der Waals surface area contributed by atoms with E-state index < -0.39 is 13.9 Å². The topological polar surface area (TPSA) is 94.1 Å². The van der Waals surface area contributed by atoms with Crippen LogP contribution in [0.15, 0.2) is 85.1 Å². The molecule has 8 nitrogen and oxygen atoms in total. The Hall–Kier alpha value is -2.32. The smallest absolute Gasteiger partial charge is 0.306 e. The predicted molar refractivity (Wildman–Crippen MR) is 254 cm³/mol. The van der Waals surface area contributed by atoms with Crippen LogP contribution in [0.5, 0.6) is 0 Å². The molecule has 9 heteroatoms. The van der Waals surface area contributed by atoms with Crippen molar-refractivity contribution >= 4 is 13.8 Å². The van der Waals surface area contributed by atoms with Gasteiger partial charge in [0.2, 0.25) is 0 Å². The molecule has 0 amide bonds. The number of phosphoric acid groups is 1. The summed E-state index contributed by atoms with van der Waals surface area (Å²) in [6, 6.07) is 0. The van der Waals surface area contributed by atoms with Gasteiger partial charge >= 0.3 is 5.97 Å². The maximum absolute atomic E-state index is 12.7. The summed E-state index contributed by atoms with van der Waals surface area (Å²) in [5.41, 5.74) is 0. The van der Waals surface area contributed by atoms with Crippen LogP contribution in [-0.2, 0) is 27.9 Å². The number of rotatable bonds is 43. The largest absolute Gasteiger partial charge is 0.756 e. The first-order valence-corrected chi connectivity index (χ1v) is 25.3. The van der Waals surface area contributed by atoms with E-state index in [4.69, 9.17) is 18.5 Å². The van der Waals surface area contributed by atoms with E-state index in [1.807, 2.05) is 21.1 Å². The molecule has 2 atom stereocenters. The lowest BCUT2D eigenvalue weighted by molar-refractivity contribution is -0.870. The van der Waals surface area contributed by atoms with Gasteiger partial charge in [0, 0.05) is 13.0 Å². The highest BCUT2D eigenvalue weighted by atomic mass is 31.2. The number of carbonyl (C=O) groups excluding carboxylic acids is 1. The van der Waals surface area contributed by atoms with E-state index >= 15 is 0 Å². The SMILES string of the molecule is CC/C=C\C/C=C\C/C=C\C/C=C\C/C=C\CCCCCCCCCCOCC(COP(=O)([O-])OCC[N+](C)(C)C)OC(=O)CCCCCCC/C=C\C/C=C\CCCC. The van der Waals surface area contributed by atoms with E-state index in [0.717, 1.165) is 103 Å². The minimum absolute atomic E-state index is 0.0170. The van der Waals surface area contributed by atoms with Crippen molar-refractivity contribution in [2.24, 2.45) is 0 Å². The fourth-order valence-electron chi connectivity index (χ4n) is 6.00. The maximum atomic E-state index is 12.7. The van der Waals surface area contributed by atoms with Crippen LogP contribution in [0, 0.1) is 0 Å². The molecule has 0 aliphatic rings. The second kappa shape index (κ2) is 43.3. The molecule has 60 heavy (non-hydrogen) atoms. The Morgan fingerprint density at radius 1 is 0.533 bits per heavy atom. The van der Waals surface area contributed by atoms with Crippen LogP contribution >= 0.6 is 7.82 Å². The summed E-state index contributed by atoms with van der Waals surface area (Å²) in [6.45, 7) is 5.20. The van der Waals surface area contributed by atoms with E-state index in [1.165, 1.54) is 51.4 Å². The Labute approximate surface area is 369 Å². The standard InChI is InChI=1S/C51H90NO7P/c1-6-8-10-12-14-16-18-20-22-23-24-25-26-27-28-29-30-31-33-35-37-39-41-43-46-56-48-50(49-58-60(54,55)57-47-45-52(3,4)5)59-51(53)44-42-40-38-36-34-32-21-19-17-15-13-11-9-7-2/h8,10,13-16,19-22,24-25,27-28,50H,6-7,9,11-12,17-18,23,26,29-49H2,1-5H3/b10-8-,15-13-,16-14-,21-19-,22-20-,25-24-,28-27-. The van der Waals surface area contributed by atoms with Crippen molar-refractivity contribution in [1.29, 1.82) is 0 Å². The van der Waals surface area contributed by atoms with E-state index in [1.54, 1.807) is 0 Å². The van der Waals surface area contributed by atoms with Gasteiger partial charge in [-0.05, 0) is 83.5 Å². The van der Waals surface area contributed by atoms with Crippen LogP contribution in [0.4, 0.5) is 0 Å². The molecule has 0 fully saturated rings. The zero-order chi connectivity index (χ0) is 44.1. The molecule has 0 spiro atoms. The molecule has 0 aliphatic heterocycles. The van der Waals surface area contributed by atoms with Gasteiger partial charge in [-0.2, -0.15) is 0 Å². The third kappa shape index (κ3) is 46.7. The molecule has 0 aromatic rings. The molecule has 0 rings (SSSR count). The van der Waals surface area contributed by atoms with Gasteiger partial charge in [0.05, 0.1) is 34.4 Å².